The summed E-state index contributed by atoms with van der Waals surface area (Å²) in [6.45, 7) is 0.758. The average molecular weight is 426 g/mol. The molecule has 0 aliphatic heterocycles. The first-order chi connectivity index (χ1) is 13.4. The Bertz CT molecular complexity index is 1150. The van der Waals surface area contributed by atoms with E-state index >= 15 is 0 Å². The number of ether oxygens (including phenoxy) is 3. The molecular weight excluding hydrogens is 407 g/mol. The van der Waals surface area contributed by atoms with Gasteiger partial charge in [-0.3, -0.25) is 0 Å². The van der Waals surface area contributed by atoms with E-state index in [1.165, 1.54) is 37.7 Å². The Kier molecular flexibility index (Phi) is 6.01. The van der Waals surface area contributed by atoms with Gasteiger partial charge in [-0.05, 0) is 24.3 Å². The summed E-state index contributed by atoms with van der Waals surface area (Å²) in [7, 11) is 0.604. The first kappa shape index (κ1) is 20.3. The highest BCUT2D eigenvalue weighted by molar-refractivity contribution is 7.90. The largest absolute Gasteiger partial charge is 0.493 e. The van der Waals surface area contributed by atoms with Crippen molar-refractivity contribution in [1.82, 2.24) is 4.57 Å². The summed E-state index contributed by atoms with van der Waals surface area (Å²) in [5, 5.41) is 0. The summed E-state index contributed by atoms with van der Waals surface area (Å²) in [4.78, 5) is 0.187. The second-order valence-corrected chi connectivity index (χ2v) is 8.34. The number of nitrogens with zero attached hydrogens (tertiary/aromatic N) is 2. The Hall–Kier alpha value is -2.43. The maximum Gasteiger partial charge on any atom is 0.285 e. The number of thiazole rings is 1. The summed E-state index contributed by atoms with van der Waals surface area (Å²) in [5.41, 5.74) is 0.743. The van der Waals surface area contributed by atoms with Crippen molar-refractivity contribution in [1.29, 1.82) is 0 Å². The second-order valence-electron chi connectivity index (χ2n) is 5.72. The van der Waals surface area contributed by atoms with Gasteiger partial charge in [0.15, 0.2) is 11.5 Å². The minimum absolute atomic E-state index is 0.0835. The van der Waals surface area contributed by atoms with E-state index in [1.54, 1.807) is 23.8 Å². The van der Waals surface area contributed by atoms with Crippen molar-refractivity contribution < 1.29 is 27.0 Å². The molecule has 0 saturated heterocycles. The van der Waals surface area contributed by atoms with Crippen LogP contribution >= 0.6 is 11.3 Å². The third kappa shape index (κ3) is 4.03. The minimum atomic E-state index is -4.01. The molecule has 10 heteroatoms. The fourth-order valence-corrected chi connectivity index (χ4v) is 4.90. The van der Waals surface area contributed by atoms with Crippen LogP contribution in [0.4, 0.5) is 4.39 Å². The van der Waals surface area contributed by atoms with Gasteiger partial charge in [-0.1, -0.05) is 11.3 Å². The highest BCUT2D eigenvalue weighted by atomic mass is 32.2. The van der Waals surface area contributed by atoms with E-state index in [4.69, 9.17) is 14.2 Å². The molecule has 0 aliphatic carbocycles. The topological polar surface area (TPSA) is 79.1 Å². The highest BCUT2D eigenvalue weighted by Crippen LogP contribution is 2.33. The molecule has 0 saturated carbocycles. The standard InChI is InChI=1S/C18H19FN2O5S2/c1-24-9-8-21-14-10-15(25-2)16(26-3)11-17(14)27-18(21)20-28(22,23)13-6-4-12(19)5-7-13/h4-7,10-11H,8-9H2,1-3H3/b20-18-. The molecule has 0 bridgehead atoms. The van der Waals surface area contributed by atoms with Crippen LogP contribution in [0.2, 0.25) is 0 Å². The zero-order valence-electron chi connectivity index (χ0n) is 15.5. The number of benzene rings is 2. The van der Waals surface area contributed by atoms with Gasteiger partial charge in [0, 0.05) is 25.8 Å². The Labute approximate surface area is 165 Å². The zero-order chi connectivity index (χ0) is 20.3. The predicted octanol–water partition coefficient (Wildman–Crippen LogP) is 2.80. The fourth-order valence-electron chi connectivity index (χ4n) is 2.63. The van der Waals surface area contributed by atoms with Crippen molar-refractivity contribution in [3.63, 3.8) is 0 Å². The van der Waals surface area contributed by atoms with Gasteiger partial charge in [0.2, 0.25) is 4.80 Å². The summed E-state index contributed by atoms with van der Waals surface area (Å²) in [5.74, 6) is 0.533. The molecule has 7 nitrogen and oxygen atoms in total. The Morgan fingerprint density at radius 2 is 1.71 bits per heavy atom. The van der Waals surface area contributed by atoms with E-state index < -0.39 is 15.8 Å². The van der Waals surface area contributed by atoms with Crippen LogP contribution in [-0.2, 0) is 21.3 Å². The molecule has 3 aromatic rings. The van der Waals surface area contributed by atoms with Crippen LogP contribution in [0, 0.1) is 5.82 Å². The highest BCUT2D eigenvalue weighted by Gasteiger charge is 2.17. The van der Waals surface area contributed by atoms with Crippen LogP contribution in [0.3, 0.4) is 0 Å². The van der Waals surface area contributed by atoms with Gasteiger partial charge >= 0.3 is 0 Å². The smallest absolute Gasteiger partial charge is 0.285 e. The number of hydrogen-bond acceptors (Lipinski definition) is 6. The number of hydrogen-bond donors (Lipinski definition) is 0. The molecule has 3 rings (SSSR count). The maximum absolute atomic E-state index is 13.1. The van der Waals surface area contributed by atoms with Crippen LogP contribution in [0.5, 0.6) is 11.5 Å². The molecular formula is C18H19FN2O5S2. The maximum atomic E-state index is 13.1. The van der Waals surface area contributed by atoms with Crippen LogP contribution < -0.4 is 14.3 Å². The molecule has 0 unspecified atom stereocenters. The van der Waals surface area contributed by atoms with Gasteiger partial charge in [-0.15, -0.1) is 4.40 Å². The quantitative estimate of drug-likeness (QED) is 0.581. The lowest BCUT2D eigenvalue weighted by Crippen LogP contribution is -2.19. The molecule has 1 aromatic heterocycles. The lowest BCUT2D eigenvalue weighted by Gasteiger charge is -2.09. The number of rotatable bonds is 7. The number of fused-ring (bicyclic) bond motifs is 1. The molecule has 0 aliphatic rings. The molecule has 0 radical (unpaired) electrons. The van der Waals surface area contributed by atoms with Crippen LogP contribution in [0.1, 0.15) is 0 Å². The van der Waals surface area contributed by atoms with Gasteiger partial charge in [0.05, 0.1) is 35.9 Å². The SMILES string of the molecule is COCCn1/c(=N/S(=O)(=O)c2ccc(F)cc2)sc2cc(OC)c(OC)cc21. The van der Waals surface area contributed by atoms with Crippen LogP contribution in [0.15, 0.2) is 45.7 Å². The minimum Gasteiger partial charge on any atom is -0.493 e. The molecule has 2 aromatic carbocycles. The second kappa shape index (κ2) is 8.29. The predicted molar refractivity (Wildman–Crippen MR) is 104 cm³/mol. The molecule has 28 heavy (non-hydrogen) atoms. The van der Waals surface area contributed by atoms with Gasteiger partial charge < -0.3 is 18.8 Å². The first-order valence-corrected chi connectivity index (χ1v) is 10.5. The Morgan fingerprint density at radius 1 is 1.07 bits per heavy atom. The Morgan fingerprint density at radius 3 is 2.32 bits per heavy atom. The zero-order valence-corrected chi connectivity index (χ0v) is 17.1. The van der Waals surface area contributed by atoms with Gasteiger partial charge in [0.1, 0.15) is 5.82 Å². The van der Waals surface area contributed by atoms with Gasteiger partial charge in [0.25, 0.3) is 10.0 Å². The number of aromatic nitrogens is 1. The number of halogens is 1. The van der Waals surface area contributed by atoms with Crippen molar-refractivity contribution in [2.24, 2.45) is 4.40 Å². The molecule has 0 N–H and O–H groups in total. The first-order valence-electron chi connectivity index (χ1n) is 8.20. The number of methoxy groups -OCH3 is 3. The van der Waals surface area contributed by atoms with Crippen molar-refractivity contribution in [2.45, 2.75) is 11.4 Å². The summed E-state index contributed by atoms with van der Waals surface area (Å²) < 4.78 is 60.8. The van der Waals surface area contributed by atoms with Gasteiger partial charge in [-0.2, -0.15) is 8.42 Å². The fraction of sp³-hybridized carbons (Fsp3) is 0.278. The lowest BCUT2D eigenvalue weighted by atomic mass is 10.3. The normalized spacial score (nSPS) is 12.5. The number of sulfonamides is 1. The van der Waals surface area contributed by atoms with E-state index in [0.29, 0.717) is 24.7 Å². The molecule has 0 fully saturated rings. The third-order valence-corrected chi connectivity index (χ3v) is 6.45. The van der Waals surface area contributed by atoms with E-state index in [1.807, 2.05) is 0 Å². The molecule has 0 amide bonds. The van der Waals surface area contributed by atoms with Crippen molar-refractivity contribution in [3.05, 3.63) is 47.0 Å². The van der Waals surface area contributed by atoms with E-state index in [0.717, 1.165) is 22.3 Å². The van der Waals surface area contributed by atoms with E-state index in [-0.39, 0.29) is 9.70 Å². The summed E-state index contributed by atoms with van der Waals surface area (Å²) in [6, 6.07) is 8.08. The van der Waals surface area contributed by atoms with E-state index in [2.05, 4.69) is 4.40 Å². The van der Waals surface area contributed by atoms with Crippen molar-refractivity contribution in [3.8, 4) is 11.5 Å². The van der Waals surface area contributed by atoms with Gasteiger partial charge in [-0.25, -0.2) is 4.39 Å². The monoisotopic (exact) mass is 426 g/mol. The van der Waals surface area contributed by atoms with Crippen LogP contribution in [0.25, 0.3) is 10.2 Å². The summed E-state index contributed by atoms with van der Waals surface area (Å²) in [6.07, 6.45) is 0. The molecule has 0 atom stereocenters. The molecule has 1 heterocycles. The molecule has 150 valence electrons. The van der Waals surface area contributed by atoms with Crippen molar-refractivity contribution in [2.75, 3.05) is 27.9 Å². The van der Waals surface area contributed by atoms with Crippen LogP contribution in [-0.4, -0.2) is 40.9 Å². The molecule has 0 spiro atoms. The average Bonchev–Trinajstić information content (AvgIpc) is 3.00. The van der Waals surface area contributed by atoms with E-state index in [9.17, 15) is 12.8 Å². The van der Waals surface area contributed by atoms with Crippen molar-refractivity contribution >= 4 is 31.6 Å². The third-order valence-electron chi connectivity index (χ3n) is 4.02. The summed E-state index contributed by atoms with van der Waals surface area (Å²) >= 11 is 1.20. The Balaban J connectivity index is 2.23. The lowest BCUT2D eigenvalue weighted by molar-refractivity contribution is 0.187.